The molecule has 0 bridgehead atoms. The maximum Gasteiger partial charge on any atom is 0.0294 e. The lowest BCUT2D eigenvalue weighted by Gasteiger charge is -2.32. The summed E-state index contributed by atoms with van der Waals surface area (Å²) in [7, 11) is 0. The van der Waals surface area contributed by atoms with E-state index in [1.54, 1.807) is 0 Å². The second-order valence-corrected chi connectivity index (χ2v) is 6.36. The smallest absolute Gasteiger partial charge is 0.0294 e. The summed E-state index contributed by atoms with van der Waals surface area (Å²) >= 11 is 0. The SMILES string of the molecule is CC(NC1CCCCC1C)c1ccc2ccccc2c1. The van der Waals surface area contributed by atoms with Crippen molar-refractivity contribution in [3.8, 4) is 0 Å². The van der Waals surface area contributed by atoms with Crippen molar-refractivity contribution >= 4 is 10.8 Å². The maximum atomic E-state index is 3.85. The van der Waals surface area contributed by atoms with Gasteiger partial charge < -0.3 is 5.32 Å². The van der Waals surface area contributed by atoms with Gasteiger partial charge in [0.15, 0.2) is 0 Å². The first-order chi connectivity index (χ1) is 9.74. The fourth-order valence-electron chi connectivity index (χ4n) is 3.46. The van der Waals surface area contributed by atoms with Crippen molar-refractivity contribution in [2.75, 3.05) is 0 Å². The number of hydrogen-bond acceptors (Lipinski definition) is 1. The molecule has 0 radical (unpaired) electrons. The minimum Gasteiger partial charge on any atom is -0.307 e. The van der Waals surface area contributed by atoms with Gasteiger partial charge in [-0.1, -0.05) is 56.2 Å². The standard InChI is InChI=1S/C19H25N/c1-14-7-3-6-10-19(14)20-15(2)17-12-11-16-8-4-5-9-18(16)13-17/h4-5,8-9,11-15,19-20H,3,6-7,10H2,1-2H3. The molecule has 106 valence electrons. The molecule has 0 spiro atoms. The minimum absolute atomic E-state index is 0.435. The van der Waals surface area contributed by atoms with Crippen LogP contribution in [0.3, 0.4) is 0 Å². The minimum atomic E-state index is 0.435. The zero-order valence-corrected chi connectivity index (χ0v) is 12.6. The summed E-state index contributed by atoms with van der Waals surface area (Å²) in [5.74, 6) is 0.812. The molecule has 3 unspecified atom stereocenters. The van der Waals surface area contributed by atoms with E-state index in [9.17, 15) is 0 Å². The third kappa shape index (κ3) is 2.88. The lowest BCUT2D eigenvalue weighted by atomic mass is 9.85. The molecule has 0 aliphatic heterocycles. The molecular formula is C19H25N. The summed E-state index contributed by atoms with van der Waals surface area (Å²) in [6, 6.07) is 16.6. The second-order valence-electron chi connectivity index (χ2n) is 6.36. The quantitative estimate of drug-likeness (QED) is 0.818. The van der Waals surface area contributed by atoms with E-state index in [-0.39, 0.29) is 0 Å². The molecule has 2 aromatic carbocycles. The summed E-state index contributed by atoms with van der Waals surface area (Å²) in [5.41, 5.74) is 1.40. The van der Waals surface area contributed by atoms with Crippen molar-refractivity contribution in [3.63, 3.8) is 0 Å². The molecule has 0 amide bonds. The normalized spacial score (nSPS) is 24.7. The van der Waals surface area contributed by atoms with Gasteiger partial charge in [-0.15, -0.1) is 0 Å². The largest absolute Gasteiger partial charge is 0.307 e. The van der Waals surface area contributed by atoms with Crippen LogP contribution < -0.4 is 5.32 Å². The van der Waals surface area contributed by atoms with Crippen LogP contribution in [0.4, 0.5) is 0 Å². The van der Waals surface area contributed by atoms with Crippen molar-refractivity contribution in [1.82, 2.24) is 5.32 Å². The number of nitrogens with one attached hydrogen (secondary N) is 1. The van der Waals surface area contributed by atoms with Crippen molar-refractivity contribution in [2.24, 2.45) is 5.92 Å². The van der Waals surface area contributed by atoms with Crippen molar-refractivity contribution in [2.45, 2.75) is 51.6 Å². The van der Waals surface area contributed by atoms with Crippen LogP contribution in [0.15, 0.2) is 42.5 Å². The average Bonchev–Trinajstić information content (AvgIpc) is 2.49. The van der Waals surface area contributed by atoms with Crippen LogP contribution in [0.25, 0.3) is 10.8 Å². The van der Waals surface area contributed by atoms with Crippen LogP contribution in [0.2, 0.25) is 0 Å². The molecule has 1 aliphatic carbocycles. The summed E-state index contributed by atoms with van der Waals surface area (Å²) < 4.78 is 0. The second kappa shape index (κ2) is 5.97. The molecule has 0 saturated heterocycles. The molecule has 1 N–H and O–H groups in total. The zero-order valence-electron chi connectivity index (χ0n) is 12.6. The first-order valence-electron chi connectivity index (χ1n) is 7.99. The number of benzene rings is 2. The van der Waals surface area contributed by atoms with Gasteiger partial charge in [-0.25, -0.2) is 0 Å². The highest BCUT2D eigenvalue weighted by Crippen LogP contribution is 2.27. The number of hydrogen-bond donors (Lipinski definition) is 1. The Morgan fingerprint density at radius 3 is 2.55 bits per heavy atom. The summed E-state index contributed by atoms with van der Waals surface area (Å²) in [6.07, 6.45) is 5.50. The molecular weight excluding hydrogens is 242 g/mol. The molecule has 0 aromatic heterocycles. The van der Waals surface area contributed by atoms with Crippen LogP contribution in [0, 0.1) is 5.92 Å². The monoisotopic (exact) mass is 267 g/mol. The predicted molar refractivity (Wildman–Crippen MR) is 86.9 cm³/mol. The summed E-state index contributed by atoms with van der Waals surface area (Å²) in [4.78, 5) is 0. The van der Waals surface area contributed by atoms with E-state index >= 15 is 0 Å². The van der Waals surface area contributed by atoms with E-state index < -0.39 is 0 Å². The maximum absolute atomic E-state index is 3.85. The van der Waals surface area contributed by atoms with Crippen LogP contribution >= 0.6 is 0 Å². The molecule has 1 fully saturated rings. The molecule has 20 heavy (non-hydrogen) atoms. The zero-order chi connectivity index (χ0) is 13.9. The third-order valence-corrected chi connectivity index (χ3v) is 4.85. The summed E-state index contributed by atoms with van der Waals surface area (Å²) in [5, 5.41) is 6.52. The van der Waals surface area contributed by atoms with Crippen LogP contribution in [-0.2, 0) is 0 Å². The van der Waals surface area contributed by atoms with Crippen LogP contribution in [0.1, 0.15) is 51.1 Å². The van der Waals surface area contributed by atoms with Crippen molar-refractivity contribution in [3.05, 3.63) is 48.0 Å². The average molecular weight is 267 g/mol. The Kier molecular flexibility index (Phi) is 4.07. The first kappa shape index (κ1) is 13.6. The van der Waals surface area contributed by atoms with Gasteiger partial charge in [0.05, 0.1) is 0 Å². The van der Waals surface area contributed by atoms with Crippen LogP contribution in [-0.4, -0.2) is 6.04 Å². The Hall–Kier alpha value is -1.34. The molecule has 1 aliphatic rings. The topological polar surface area (TPSA) is 12.0 Å². The van der Waals surface area contributed by atoms with Gasteiger partial charge in [-0.05, 0) is 48.1 Å². The Bertz CT molecular complexity index is 575. The Morgan fingerprint density at radius 2 is 1.75 bits per heavy atom. The van der Waals surface area contributed by atoms with Crippen molar-refractivity contribution < 1.29 is 0 Å². The predicted octanol–water partition coefficient (Wildman–Crippen LogP) is 5.07. The molecule has 1 saturated carbocycles. The lowest BCUT2D eigenvalue weighted by molar-refractivity contribution is 0.263. The van der Waals surface area contributed by atoms with Crippen molar-refractivity contribution in [1.29, 1.82) is 0 Å². The lowest BCUT2D eigenvalue weighted by Crippen LogP contribution is -2.38. The summed E-state index contributed by atoms with van der Waals surface area (Å²) in [6.45, 7) is 4.69. The molecule has 1 heteroatoms. The molecule has 2 aromatic rings. The molecule has 1 nitrogen and oxygen atoms in total. The molecule has 3 atom stereocenters. The fourth-order valence-corrected chi connectivity index (χ4v) is 3.46. The van der Waals surface area contributed by atoms with E-state index in [0.717, 1.165) is 5.92 Å². The van der Waals surface area contributed by atoms with Crippen LogP contribution in [0.5, 0.6) is 0 Å². The molecule has 3 rings (SSSR count). The van der Waals surface area contributed by atoms with Gasteiger partial charge in [0.1, 0.15) is 0 Å². The Labute approximate surface area is 122 Å². The van der Waals surface area contributed by atoms with Gasteiger partial charge in [0.2, 0.25) is 0 Å². The number of fused-ring (bicyclic) bond motifs is 1. The highest BCUT2D eigenvalue weighted by molar-refractivity contribution is 5.83. The first-order valence-corrected chi connectivity index (χ1v) is 7.99. The number of rotatable bonds is 3. The molecule has 0 heterocycles. The highest BCUT2D eigenvalue weighted by atomic mass is 15.0. The van der Waals surface area contributed by atoms with E-state index in [1.807, 2.05) is 0 Å². The Balaban J connectivity index is 1.76. The van der Waals surface area contributed by atoms with E-state index in [0.29, 0.717) is 12.1 Å². The fraction of sp³-hybridized carbons (Fsp3) is 0.474. The Morgan fingerprint density at radius 1 is 1.00 bits per heavy atom. The van der Waals surface area contributed by atoms with Gasteiger partial charge in [-0.3, -0.25) is 0 Å². The van der Waals surface area contributed by atoms with E-state index in [1.165, 1.54) is 42.0 Å². The van der Waals surface area contributed by atoms with Gasteiger partial charge in [0, 0.05) is 12.1 Å². The third-order valence-electron chi connectivity index (χ3n) is 4.85. The van der Waals surface area contributed by atoms with Gasteiger partial charge in [0.25, 0.3) is 0 Å². The van der Waals surface area contributed by atoms with E-state index in [2.05, 4.69) is 61.6 Å². The highest BCUT2D eigenvalue weighted by Gasteiger charge is 2.22. The van der Waals surface area contributed by atoms with E-state index in [4.69, 9.17) is 0 Å². The van der Waals surface area contributed by atoms with Gasteiger partial charge >= 0.3 is 0 Å². The van der Waals surface area contributed by atoms with Gasteiger partial charge in [-0.2, -0.15) is 0 Å².